The molecule has 4 heteroatoms. The molecule has 0 radical (unpaired) electrons. The lowest BCUT2D eigenvalue weighted by molar-refractivity contribution is 0.0799. The number of nitrogens with one attached hydrogen (secondary N) is 1. The Bertz CT molecular complexity index is 389. The van der Waals surface area contributed by atoms with Crippen LogP contribution in [0.4, 0.5) is 0 Å². The molecule has 1 aromatic rings. The maximum Gasteiger partial charge on any atom is 0.0951 e. The third-order valence-electron chi connectivity index (χ3n) is 4.24. The van der Waals surface area contributed by atoms with E-state index < -0.39 is 0 Å². The molecule has 3 nitrogen and oxygen atoms in total. The maximum atomic E-state index is 6.23. The molecule has 0 spiro atoms. The lowest BCUT2D eigenvalue weighted by Crippen LogP contribution is -2.42. The second kappa shape index (κ2) is 4.62. The fourth-order valence-corrected chi connectivity index (χ4v) is 3.59. The van der Waals surface area contributed by atoms with Gasteiger partial charge in [-0.3, -0.25) is 10.00 Å². The van der Waals surface area contributed by atoms with Gasteiger partial charge < -0.3 is 0 Å². The van der Waals surface area contributed by atoms with Crippen LogP contribution in [-0.4, -0.2) is 28.2 Å². The molecule has 1 saturated carbocycles. The molecular weight excluding hydrogens is 234 g/mol. The number of halogens is 1. The summed E-state index contributed by atoms with van der Waals surface area (Å²) in [6.07, 6.45) is 5.72. The second-order valence-corrected chi connectivity index (χ2v) is 6.08. The smallest absolute Gasteiger partial charge is 0.0951 e. The van der Waals surface area contributed by atoms with E-state index in [4.69, 9.17) is 11.6 Å². The summed E-state index contributed by atoms with van der Waals surface area (Å²) in [5.41, 5.74) is 2.00. The summed E-state index contributed by atoms with van der Waals surface area (Å²) in [5.74, 6) is 1.84. The molecule has 0 unspecified atom stereocenters. The number of aryl methyl sites for hydroxylation is 1. The van der Waals surface area contributed by atoms with E-state index >= 15 is 0 Å². The lowest BCUT2D eigenvalue weighted by Gasteiger charge is -2.41. The van der Waals surface area contributed by atoms with Gasteiger partial charge in [0.25, 0.3) is 0 Å². The molecule has 1 aliphatic heterocycles. The zero-order valence-corrected chi connectivity index (χ0v) is 11.1. The van der Waals surface area contributed by atoms with Crippen molar-refractivity contribution < 1.29 is 0 Å². The summed E-state index contributed by atoms with van der Waals surface area (Å²) in [7, 11) is 0. The fraction of sp³-hybridized carbons (Fsp3) is 0.769. The Labute approximate surface area is 108 Å². The van der Waals surface area contributed by atoms with Crippen LogP contribution in [0.2, 0.25) is 5.02 Å². The third-order valence-corrected chi connectivity index (χ3v) is 4.74. The van der Waals surface area contributed by atoms with Gasteiger partial charge in [-0.25, -0.2) is 0 Å². The first kappa shape index (κ1) is 11.5. The van der Waals surface area contributed by atoms with Crippen LogP contribution in [0.5, 0.6) is 0 Å². The van der Waals surface area contributed by atoms with Crippen molar-refractivity contribution in [3.63, 3.8) is 0 Å². The number of H-pyrrole nitrogens is 1. The highest BCUT2D eigenvalue weighted by atomic mass is 35.5. The van der Waals surface area contributed by atoms with Gasteiger partial charge in [0.2, 0.25) is 0 Å². The molecule has 0 amide bonds. The van der Waals surface area contributed by atoms with Gasteiger partial charge in [-0.05, 0) is 38.0 Å². The molecular formula is C13H20ClN3. The van der Waals surface area contributed by atoms with Crippen molar-refractivity contribution in [1.29, 1.82) is 0 Å². The van der Waals surface area contributed by atoms with E-state index in [9.17, 15) is 0 Å². The Hall–Kier alpha value is -0.540. The molecule has 0 aromatic carbocycles. The van der Waals surface area contributed by atoms with E-state index in [-0.39, 0.29) is 0 Å². The Kier molecular flexibility index (Phi) is 3.14. The normalized spacial score (nSPS) is 29.5. The van der Waals surface area contributed by atoms with Crippen LogP contribution in [0, 0.1) is 18.8 Å². The van der Waals surface area contributed by atoms with E-state index in [1.807, 2.05) is 6.92 Å². The molecule has 1 aromatic heterocycles. The number of nitrogens with zero attached hydrogens (tertiary/aromatic N) is 2. The van der Waals surface area contributed by atoms with Crippen molar-refractivity contribution >= 4 is 11.6 Å². The predicted octanol–water partition coefficient (Wildman–Crippen LogP) is 2.99. The summed E-state index contributed by atoms with van der Waals surface area (Å²) >= 11 is 6.23. The number of hydrogen-bond acceptors (Lipinski definition) is 2. The van der Waals surface area contributed by atoms with Crippen LogP contribution in [0.15, 0.2) is 0 Å². The molecule has 17 heavy (non-hydrogen) atoms. The molecule has 2 atom stereocenters. The average Bonchev–Trinajstić information content (AvgIpc) is 2.61. The van der Waals surface area contributed by atoms with Gasteiger partial charge >= 0.3 is 0 Å². The van der Waals surface area contributed by atoms with Gasteiger partial charge in [0, 0.05) is 19.6 Å². The van der Waals surface area contributed by atoms with Gasteiger partial charge in [0.1, 0.15) is 0 Å². The van der Waals surface area contributed by atoms with Crippen molar-refractivity contribution in [2.45, 2.75) is 39.2 Å². The number of fused-ring (bicyclic) bond motifs is 2. The van der Waals surface area contributed by atoms with Gasteiger partial charge in [0.05, 0.1) is 16.4 Å². The monoisotopic (exact) mass is 253 g/mol. The molecule has 2 fully saturated rings. The summed E-state index contributed by atoms with van der Waals surface area (Å²) < 4.78 is 0. The Balaban J connectivity index is 1.67. The summed E-state index contributed by atoms with van der Waals surface area (Å²) in [6, 6.07) is 0. The highest BCUT2D eigenvalue weighted by Crippen LogP contribution is 2.35. The Morgan fingerprint density at radius 2 is 2.06 bits per heavy atom. The summed E-state index contributed by atoms with van der Waals surface area (Å²) in [5, 5.41) is 8.09. The highest BCUT2D eigenvalue weighted by Gasteiger charge is 2.30. The van der Waals surface area contributed by atoms with Crippen molar-refractivity contribution in [3.05, 3.63) is 16.4 Å². The molecule has 3 rings (SSSR count). The first-order chi connectivity index (χ1) is 8.22. The fourth-order valence-electron chi connectivity index (χ4n) is 3.45. The molecule has 1 saturated heterocycles. The summed E-state index contributed by atoms with van der Waals surface area (Å²) in [4.78, 5) is 2.54. The quantitative estimate of drug-likeness (QED) is 0.879. The van der Waals surface area contributed by atoms with Crippen molar-refractivity contribution in [1.82, 2.24) is 15.1 Å². The molecule has 2 heterocycles. The van der Waals surface area contributed by atoms with Crippen LogP contribution in [-0.2, 0) is 6.54 Å². The second-order valence-electron chi connectivity index (χ2n) is 5.70. The average molecular weight is 254 g/mol. The number of likely N-dealkylation sites (tertiary alicyclic amines) is 1. The standard InChI is InChI=1S/C13H20ClN3/c1-9-13(14)12(16-15-9)8-17-6-10-3-2-4-11(5-10)7-17/h10-11H,2-8H2,1H3,(H,15,16)/t10-,11-/m1/s1. The molecule has 2 bridgehead atoms. The first-order valence-corrected chi connectivity index (χ1v) is 7.02. The molecule has 1 aliphatic carbocycles. The van der Waals surface area contributed by atoms with Gasteiger partial charge in [-0.1, -0.05) is 18.0 Å². The number of aromatic amines is 1. The number of hydrogen-bond donors (Lipinski definition) is 1. The van der Waals surface area contributed by atoms with E-state index in [1.165, 1.54) is 38.8 Å². The SMILES string of the molecule is Cc1[nH]nc(CN2C[C@@H]3CCC[C@H](C3)C2)c1Cl. The van der Waals surface area contributed by atoms with Crippen LogP contribution < -0.4 is 0 Å². The van der Waals surface area contributed by atoms with Gasteiger partial charge in [-0.15, -0.1) is 0 Å². The van der Waals surface area contributed by atoms with Crippen LogP contribution >= 0.6 is 11.6 Å². The number of aromatic nitrogens is 2. The van der Waals surface area contributed by atoms with Crippen LogP contribution in [0.25, 0.3) is 0 Å². The zero-order valence-electron chi connectivity index (χ0n) is 10.4. The first-order valence-electron chi connectivity index (χ1n) is 6.64. The van der Waals surface area contributed by atoms with Crippen LogP contribution in [0.1, 0.15) is 37.1 Å². The van der Waals surface area contributed by atoms with Crippen LogP contribution in [0.3, 0.4) is 0 Å². The minimum atomic E-state index is 0.820. The zero-order chi connectivity index (χ0) is 11.8. The largest absolute Gasteiger partial charge is 0.297 e. The van der Waals surface area contributed by atoms with E-state index in [2.05, 4.69) is 15.1 Å². The maximum absolute atomic E-state index is 6.23. The highest BCUT2D eigenvalue weighted by molar-refractivity contribution is 6.31. The molecule has 1 N–H and O–H groups in total. The van der Waals surface area contributed by atoms with Gasteiger partial charge in [0.15, 0.2) is 0 Å². The summed E-state index contributed by atoms with van der Waals surface area (Å²) in [6.45, 7) is 5.36. The topological polar surface area (TPSA) is 31.9 Å². The van der Waals surface area contributed by atoms with E-state index in [1.54, 1.807) is 0 Å². The third kappa shape index (κ3) is 2.36. The lowest BCUT2D eigenvalue weighted by atomic mass is 9.78. The number of piperidine rings is 1. The van der Waals surface area contributed by atoms with E-state index in [0.717, 1.165) is 34.8 Å². The molecule has 94 valence electrons. The minimum Gasteiger partial charge on any atom is -0.297 e. The number of rotatable bonds is 2. The Morgan fingerprint density at radius 1 is 1.35 bits per heavy atom. The van der Waals surface area contributed by atoms with E-state index in [0.29, 0.717) is 0 Å². The minimum absolute atomic E-state index is 0.820. The predicted molar refractivity (Wildman–Crippen MR) is 69.1 cm³/mol. The Morgan fingerprint density at radius 3 is 2.65 bits per heavy atom. The van der Waals surface area contributed by atoms with Gasteiger partial charge in [-0.2, -0.15) is 5.10 Å². The van der Waals surface area contributed by atoms with Crippen molar-refractivity contribution in [3.8, 4) is 0 Å². The van der Waals surface area contributed by atoms with Crippen molar-refractivity contribution in [2.75, 3.05) is 13.1 Å². The molecule has 2 aliphatic rings. The van der Waals surface area contributed by atoms with Crippen molar-refractivity contribution in [2.24, 2.45) is 11.8 Å².